The van der Waals surface area contributed by atoms with Crippen molar-refractivity contribution in [2.45, 2.75) is 20.3 Å². The lowest BCUT2D eigenvalue weighted by Gasteiger charge is -2.14. The van der Waals surface area contributed by atoms with Crippen LogP contribution >= 0.6 is 0 Å². The molecule has 82 valence electrons. The van der Waals surface area contributed by atoms with Gasteiger partial charge in [-0.25, -0.2) is 0 Å². The first kappa shape index (κ1) is 11.7. The van der Waals surface area contributed by atoms with Crippen molar-refractivity contribution >= 4 is 12.0 Å². The van der Waals surface area contributed by atoms with E-state index >= 15 is 0 Å². The number of anilines is 1. The van der Waals surface area contributed by atoms with Crippen molar-refractivity contribution in [2.75, 3.05) is 18.5 Å². The zero-order valence-corrected chi connectivity index (χ0v) is 9.21. The molecule has 0 fully saturated rings. The largest absolute Gasteiger partial charge is 0.395 e. The molecule has 0 aliphatic carbocycles. The first-order valence-corrected chi connectivity index (χ1v) is 5.17. The van der Waals surface area contributed by atoms with Crippen LogP contribution in [0.3, 0.4) is 0 Å². The van der Waals surface area contributed by atoms with E-state index in [9.17, 15) is 4.79 Å². The maximum Gasteiger partial charge on any atom is 0.150 e. The Kier molecular flexibility index (Phi) is 4.31. The van der Waals surface area contributed by atoms with Gasteiger partial charge in [-0.15, -0.1) is 0 Å². The minimum atomic E-state index is 0.109. The molecule has 2 N–H and O–H groups in total. The average Bonchev–Trinajstić information content (AvgIpc) is 2.26. The number of hydrogen-bond acceptors (Lipinski definition) is 3. The number of carbonyl (C=O) groups excluding carboxylic acids is 1. The first-order valence-electron chi connectivity index (χ1n) is 5.17. The summed E-state index contributed by atoms with van der Waals surface area (Å²) in [5.41, 5.74) is 3.92. The molecule has 0 atom stereocenters. The minimum Gasteiger partial charge on any atom is -0.395 e. The van der Waals surface area contributed by atoms with Gasteiger partial charge >= 0.3 is 0 Å². The van der Waals surface area contributed by atoms with E-state index in [1.54, 1.807) is 6.07 Å². The number of aliphatic hydroxyl groups excluding tert-OH is 1. The summed E-state index contributed by atoms with van der Waals surface area (Å²) in [6.07, 6.45) is 1.76. The molecule has 0 aromatic heterocycles. The summed E-state index contributed by atoms with van der Waals surface area (Å²) < 4.78 is 0. The third-order valence-corrected chi connectivity index (χ3v) is 2.55. The summed E-state index contributed by atoms with van der Waals surface area (Å²) in [4.78, 5) is 10.8. The molecular weight excluding hydrogens is 190 g/mol. The fraction of sp³-hybridized carbons (Fsp3) is 0.417. The summed E-state index contributed by atoms with van der Waals surface area (Å²) in [5, 5.41) is 11.9. The lowest BCUT2D eigenvalue weighted by molar-refractivity contribution is 0.112. The Morgan fingerprint density at radius 3 is 2.73 bits per heavy atom. The van der Waals surface area contributed by atoms with Crippen LogP contribution in [0.15, 0.2) is 12.1 Å². The molecule has 0 heterocycles. The van der Waals surface area contributed by atoms with Crippen LogP contribution < -0.4 is 5.32 Å². The Bertz CT molecular complexity index is 348. The molecule has 1 aromatic carbocycles. The normalized spacial score (nSPS) is 10.1. The highest BCUT2D eigenvalue weighted by Crippen LogP contribution is 2.22. The molecule has 0 unspecified atom stereocenters. The second-order valence-corrected chi connectivity index (χ2v) is 3.43. The highest BCUT2D eigenvalue weighted by atomic mass is 16.3. The predicted octanol–water partition coefficient (Wildman–Crippen LogP) is 1.77. The second kappa shape index (κ2) is 5.51. The number of nitrogens with one attached hydrogen (secondary N) is 1. The highest BCUT2D eigenvalue weighted by Gasteiger charge is 2.07. The summed E-state index contributed by atoms with van der Waals surface area (Å²) in [6.45, 7) is 4.65. The van der Waals surface area contributed by atoms with E-state index in [4.69, 9.17) is 5.11 Å². The topological polar surface area (TPSA) is 49.3 Å². The number of aliphatic hydroxyl groups is 1. The number of rotatable bonds is 5. The van der Waals surface area contributed by atoms with Gasteiger partial charge in [-0.05, 0) is 36.6 Å². The predicted molar refractivity (Wildman–Crippen MR) is 61.5 cm³/mol. The van der Waals surface area contributed by atoms with E-state index in [1.165, 1.54) is 0 Å². The number of hydrogen-bond donors (Lipinski definition) is 2. The van der Waals surface area contributed by atoms with Crippen molar-refractivity contribution in [1.82, 2.24) is 0 Å². The van der Waals surface area contributed by atoms with E-state index in [-0.39, 0.29) is 6.61 Å². The van der Waals surface area contributed by atoms with Crippen LogP contribution in [0, 0.1) is 6.92 Å². The first-order chi connectivity index (χ1) is 7.24. The van der Waals surface area contributed by atoms with E-state index in [2.05, 4.69) is 12.2 Å². The molecule has 1 aromatic rings. The summed E-state index contributed by atoms with van der Waals surface area (Å²) in [5.74, 6) is 0. The van der Waals surface area contributed by atoms with Crippen molar-refractivity contribution < 1.29 is 9.90 Å². The Morgan fingerprint density at radius 2 is 2.20 bits per heavy atom. The molecule has 0 aliphatic heterocycles. The van der Waals surface area contributed by atoms with Crippen molar-refractivity contribution in [2.24, 2.45) is 0 Å². The Hall–Kier alpha value is -1.35. The fourth-order valence-corrected chi connectivity index (χ4v) is 1.71. The zero-order valence-electron chi connectivity index (χ0n) is 9.21. The van der Waals surface area contributed by atoms with Gasteiger partial charge in [0, 0.05) is 17.8 Å². The molecule has 0 saturated carbocycles. The molecular formula is C12H17NO2. The van der Waals surface area contributed by atoms with Crippen molar-refractivity contribution in [1.29, 1.82) is 0 Å². The molecule has 15 heavy (non-hydrogen) atoms. The van der Waals surface area contributed by atoms with E-state index in [0.717, 1.165) is 35.1 Å². The molecule has 0 bridgehead atoms. The van der Waals surface area contributed by atoms with Gasteiger partial charge in [-0.2, -0.15) is 0 Å². The molecule has 3 nitrogen and oxygen atoms in total. The van der Waals surface area contributed by atoms with E-state index in [0.29, 0.717) is 6.54 Å². The van der Waals surface area contributed by atoms with E-state index < -0.39 is 0 Å². The van der Waals surface area contributed by atoms with Gasteiger partial charge < -0.3 is 10.4 Å². The molecule has 0 radical (unpaired) electrons. The Labute approximate surface area is 90.1 Å². The maximum absolute atomic E-state index is 10.8. The molecule has 3 heteroatoms. The third-order valence-electron chi connectivity index (χ3n) is 2.55. The standard InChI is InChI=1S/C12H17NO2/c1-3-11-9(2)10(8-15)4-5-12(11)13-6-7-14/h4-5,8,13-14H,3,6-7H2,1-2H3. The number of carbonyl (C=O) groups is 1. The molecule has 0 aliphatic rings. The van der Waals surface area contributed by atoms with Crippen molar-refractivity contribution in [3.8, 4) is 0 Å². The Balaban J connectivity index is 3.06. The lowest BCUT2D eigenvalue weighted by Crippen LogP contribution is -2.09. The maximum atomic E-state index is 10.8. The zero-order chi connectivity index (χ0) is 11.3. The smallest absolute Gasteiger partial charge is 0.150 e. The average molecular weight is 207 g/mol. The van der Waals surface area contributed by atoms with Crippen LogP contribution in [-0.2, 0) is 6.42 Å². The van der Waals surface area contributed by atoms with Crippen molar-refractivity contribution in [3.63, 3.8) is 0 Å². The van der Waals surface area contributed by atoms with Gasteiger partial charge in [0.15, 0.2) is 0 Å². The third kappa shape index (κ3) is 2.57. The van der Waals surface area contributed by atoms with Crippen LogP contribution in [0.1, 0.15) is 28.4 Å². The summed E-state index contributed by atoms with van der Waals surface area (Å²) in [6, 6.07) is 3.70. The van der Waals surface area contributed by atoms with Crippen LogP contribution in [0.2, 0.25) is 0 Å². The van der Waals surface area contributed by atoms with Crippen molar-refractivity contribution in [3.05, 3.63) is 28.8 Å². The van der Waals surface area contributed by atoms with Gasteiger partial charge in [0.2, 0.25) is 0 Å². The summed E-state index contributed by atoms with van der Waals surface area (Å²) in [7, 11) is 0. The summed E-state index contributed by atoms with van der Waals surface area (Å²) >= 11 is 0. The van der Waals surface area contributed by atoms with E-state index in [1.807, 2.05) is 13.0 Å². The van der Waals surface area contributed by atoms with Gasteiger partial charge in [0.1, 0.15) is 6.29 Å². The SMILES string of the molecule is CCc1c(NCCO)ccc(C=O)c1C. The molecule has 0 amide bonds. The molecule has 0 spiro atoms. The second-order valence-electron chi connectivity index (χ2n) is 3.43. The number of benzene rings is 1. The fourth-order valence-electron chi connectivity index (χ4n) is 1.71. The monoisotopic (exact) mass is 207 g/mol. The van der Waals surface area contributed by atoms with Gasteiger partial charge in [0.25, 0.3) is 0 Å². The molecule has 0 saturated heterocycles. The van der Waals surface area contributed by atoms with Crippen LogP contribution in [0.25, 0.3) is 0 Å². The molecule has 1 rings (SSSR count). The quantitative estimate of drug-likeness (QED) is 0.723. The lowest BCUT2D eigenvalue weighted by atomic mass is 9.99. The van der Waals surface area contributed by atoms with Crippen LogP contribution in [0.5, 0.6) is 0 Å². The Morgan fingerprint density at radius 1 is 1.47 bits per heavy atom. The van der Waals surface area contributed by atoms with Gasteiger partial charge in [0.05, 0.1) is 6.61 Å². The number of aldehydes is 1. The van der Waals surface area contributed by atoms with Gasteiger partial charge in [-0.1, -0.05) is 6.92 Å². The van der Waals surface area contributed by atoms with Crippen LogP contribution in [-0.4, -0.2) is 24.5 Å². The van der Waals surface area contributed by atoms with Gasteiger partial charge in [-0.3, -0.25) is 4.79 Å². The van der Waals surface area contributed by atoms with Crippen LogP contribution in [0.4, 0.5) is 5.69 Å². The highest BCUT2D eigenvalue weighted by molar-refractivity contribution is 5.80. The minimum absolute atomic E-state index is 0.109.